The third kappa shape index (κ3) is 3.14. The Morgan fingerprint density at radius 1 is 1.35 bits per heavy atom. The van der Waals surface area contributed by atoms with Crippen molar-refractivity contribution in [3.05, 3.63) is 58.4 Å². The number of nitrogens with zero attached hydrogens (tertiary/aromatic N) is 2. The number of nitro benzene ring substituents is 1. The van der Waals surface area contributed by atoms with E-state index in [4.69, 9.17) is 0 Å². The maximum atomic E-state index is 11.8. The van der Waals surface area contributed by atoms with E-state index in [1.165, 1.54) is 6.07 Å². The molecule has 0 spiro atoms. The summed E-state index contributed by atoms with van der Waals surface area (Å²) in [5.41, 5.74) is -0.241. The van der Waals surface area contributed by atoms with Crippen LogP contribution >= 0.6 is 0 Å². The van der Waals surface area contributed by atoms with Gasteiger partial charge in [-0.2, -0.15) is 0 Å². The molecule has 1 amide bonds. The van der Waals surface area contributed by atoms with E-state index >= 15 is 0 Å². The third-order valence-electron chi connectivity index (χ3n) is 2.76. The number of carbonyl (C=O) groups is 1. The lowest BCUT2D eigenvalue weighted by molar-refractivity contribution is -0.385. The van der Waals surface area contributed by atoms with Crippen molar-refractivity contribution in [2.75, 3.05) is 6.54 Å². The Balaban J connectivity index is 1.95. The van der Waals surface area contributed by atoms with E-state index in [0.717, 1.165) is 12.1 Å². The molecule has 0 aliphatic rings. The Kier molecular flexibility index (Phi) is 3.99. The average Bonchev–Trinajstić information content (AvgIpc) is 2.91. The van der Waals surface area contributed by atoms with Crippen LogP contribution in [-0.2, 0) is 6.54 Å². The predicted molar refractivity (Wildman–Crippen MR) is 71.5 cm³/mol. The molecule has 0 saturated heterocycles. The van der Waals surface area contributed by atoms with Crippen LogP contribution in [-0.4, -0.2) is 27.0 Å². The van der Waals surface area contributed by atoms with Crippen LogP contribution in [0.25, 0.3) is 0 Å². The first-order valence-electron chi connectivity index (χ1n) is 5.94. The lowest BCUT2D eigenvalue weighted by Gasteiger charge is -2.06. The number of rotatable bonds is 5. The van der Waals surface area contributed by atoms with Gasteiger partial charge >= 0.3 is 5.69 Å². The zero-order chi connectivity index (χ0) is 14.5. The highest BCUT2D eigenvalue weighted by molar-refractivity contribution is 5.95. The molecule has 2 rings (SSSR count). The van der Waals surface area contributed by atoms with Gasteiger partial charge in [0.25, 0.3) is 5.91 Å². The van der Waals surface area contributed by atoms with Gasteiger partial charge in [-0.15, -0.1) is 0 Å². The minimum atomic E-state index is -0.705. The predicted octanol–water partition coefficient (Wildman–Crippen LogP) is 1.53. The van der Waals surface area contributed by atoms with E-state index in [1.807, 2.05) is 29.1 Å². The van der Waals surface area contributed by atoms with Crippen LogP contribution in [0, 0.1) is 10.1 Å². The number of hydrogen-bond donors (Lipinski definition) is 2. The van der Waals surface area contributed by atoms with E-state index in [0.29, 0.717) is 13.1 Å². The summed E-state index contributed by atoms with van der Waals surface area (Å²) >= 11 is 0. The third-order valence-corrected chi connectivity index (χ3v) is 2.76. The second-order valence-electron chi connectivity index (χ2n) is 4.14. The molecule has 0 radical (unpaired) electrons. The van der Waals surface area contributed by atoms with Gasteiger partial charge in [0.1, 0.15) is 0 Å². The number of aromatic hydroxyl groups is 1. The maximum Gasteiger partial charge on any atom is 0.310 e. The van der Waals surface area contributed by atoms with Crippen molar-refractivity contribution in [3.63, 3.8) is 0 Å². The summed E-state index contributed by atoms with van der Waals surface area (Å²) in [4.78, 5) is 21.6. The standard InChI is InChI=1S/C13H13N3O4/c17-12-9-10(3-4-11(12)16(19)20)13(18)14-5-8-15-6-1-2-7-15/h1-4,6-7,9,17H,5,8H2,(H,14,18). The van der Waals surface area contributed by atoms with Crippen molar-refractivity contribution in [2.45, 2.75) is 6.54 Å². The van der Waals surface area contributed by atoms with Gasteiger partial charge in [-0.05, 0) is 24.3 Å². The molecule has 0 aliphatic carbocycles. The highest BCUT2D eigenvalue weighted by atomic mass is 16.6. The molecule has 104 valence electrons. The lowest BCUT2D eigenvalue weighted by Crippen LogP contribution is -2.26. The Hall–Kier alpha value is -2.83. The molecule has 0 bridgehead atoms. The van der Waals surface area contributed by atoms with Crippen LogP contribution < -0.4 is 5.32 Å². The molecule has 20 heavy (non-hydrogen) atoms. The van der Waals surface area contributed by atoms with Gasteiger partial charge in [0.05, 0.1) is 4.92 Å². The number of nitro groups is 1. The molecule has 0 unspecified atom stereocenters. The van der Waals surface area contributed by atoms with E-state index < -0.39 is 16.4 Å². The van der Waals surface area contributed by atoms with Crippen LogP contribution in [0.15, 0.2) is 42.7 Å². The molecule has 1 aromatic heterocycles. The molecule has 2 N–H and O–H groups in total. The number of phenols is 1. The summed E-state index contributed by atoms with van der Waals surface area (Å²) < 4.78 is 1.91. The average molecular weight is 275 g/mol. The summed E-state index contributed by atoms with van der Waals surface area (Å²) in [6.07, 6.45) is 3.76. The quantitative estimate of drug-likeness (QED) is 0.638. The van der Waals surface area contributed by atoms with Gasteiger partial charge < -0.3 is 15.0 Å². The van der Waals surface area contributed by atoms with Gasteiger partial charge in [0, 0.05) is 37.1 Å². The highest BCUT2D eigenvalue weighted by Gasteiger charge is 2.15. The van der Waals surface area contributed by atoms with Crippen LogP contribution in [0.5, 0.6) is 5.75 Å². The summed E-state index contributed by atoms with van der Waals surface area (Å²) in [6.45, 7) is 1.04. The zero-order valence-corrected chi connectivity index (χ0v) is 10.5. The summed E-state index contributed by atoms with van der Waals surface area (Å²) in [7, 11) is 0. The van der Waals surface area contributed by atoms with Crippen molar-refractivity contribution < 1.29 is 14.8 Å². The zero-order valence-electron chi connectivity index (χ0n) is 10.5. The first-order chi connectivity index (χ1) is 9.58. The molecule has 1 aromatic carbocycles. The lowest BCUT2D eigenvalue weighted by atomic mass is 10.2. The van der Waals surface area contributed by atoms with Gasteiger partial charge in [-0.25, -0.2) is 0 Å². The number of nitrogens with one attached hydrogen (secondary N) is 1. The Bertz CT molecular complexity index is 623. The van der Waals surface area contributed by atoms with Crippen LogP contribution in [0.1, 0.15) is 10.4 Å². The summed E-state index contributed by atoms with van der Waals surface area (Å²) in [5.74, 6) is -0.907. The molecule has 0 saturated carbocycles. The second-order valence-corrected chi connectivity index (χ2v) is 4.14. The van der Waals surface area contributed by atoms with Crippen molar-refractivity contribution in [3.8, 4) is 5.75 Å². The van der Waals surface area contributed by atoms with Gasteiger partial charge in [0.15, 0.2) is 5.75 Å². The fourth-order valence-electron chi connectivity index (χ4n) is 1.74. The second kappa shape index (κ2) is 5.87. The smallest absolute Gasteiger partial charge is 0.310 e. The topological polar surface area (TPSA) is 97.4 Å². The van der Waals surface area contributed by atoms with Crippen molar-refractivity contribution in [2.24, 2.45) is 0 Å². The van der Waals surface area contributed by atoms with Gasteiger partial charge in [-0.3, -0.25) is 14.9 Å². The Morgan fingerprint density at radius 2 is 2.05 bits per heavy atom. The molecule has 2 aromatic rings. The molecule has 1 heterocycles. The Labute approximate surface area is 114 Å². The molecular formula is C13H13N3O4. The first-order valence-corrected chi connectivity index (χ1v) is 5.94. The molecule has 0 aliphatic heterocycles. The van der Waals surface area contributed by atoms with E-state index in [1.54, 1.807) is 0 Å². The van der Waals surface area contributed by atoms with Crippen molar-refractivity contribution in [1.29, 1.82) is 0 Å². The SMILES string of the molecule is O=C(NCCn1cccc1)c1ccc([N+](=O)[O-])c(O)c1. The number of aromatic nitrogens is 1. The monoisotopic (exact) mass is 275 g/mol. The number of amides is 1. The molecule has 7 nitrogen and oxygen atoms in total. The number of hydrogen-bond acceptors (Lipinski definition) is 4. The fourth-order valence-corrected chi connectivity index (χ4v) is 1.74. The minimum Gasteiger partial charge on any atom is -0.502 e. The summed E-state index contributed by atoms with van der Waals surface area (Å²) in [6, 6.07) is 7.27. The molecular weight excluding hydrogens is 262 g/mol. The fraction of sp³-hybridized carbons (Fsp3) is 0.154. The van der Waals surface area contributed by atoms with Crippen LogP contribution in [0.4, 0.5) is 5.69 Å². The van der Waals surface area contributed by atoms with Crippen molar-refractivity contribution >= 4 is 11.6 Å². The van der Waals surface area contributed by atoms with E-state index in [-0.39, 0.29) is 11.5 Å². The van der Waals surface area contributed by atoms with Gasteiger partial charge in [0.2, 0.25) is 0 Å². The van der Waals surface area contributed by atoms with Gasteiger partial charge in [-0.1, -0.05) is 0 Å². The Morgan fingerprint density at radius 3 is 2.65 bits per heavy atom. The number of phenolic OH excluding ortho intramolecular Hbond substituents is 1. The highest BCUT2D eigenvalue weighted by Crippen LogP contribution is 2.26. The van der Waals surface area contributed by atoms with E-state index in [2.05, 4.69) is 5.32 Å². The number of carbonyl (C=O) groups excluding carboxylic acids is 1. The van der Waals surface area contributed by atoms with Crippen LogP contribution in [0.3, 0.4) is 0 Å². The number of benzene rings is 1. The summed E-state index contributed by atoms with van der Waals surface area (Å²) in [5, 5.41) is 22.7. The molecule has 0 fully saturated rings. The largest absolute Gasteiger partial charge is 0.502 e. The normalized spacial score (nSPS) is 10.2. The first kappa shape index (κ1) is 13.6. The minimum absolute atomic E-state index is 0.181. The van der Waals surface area contributed by atoms with E-state index in [9.17, 15) is 20.0 Å². The van der Waals surface area contributed by atoms with Crippen LogP contribution in [0.2, 0.25) is 0 Å². The van der Waals surface area contributed by atoms with Crippen molar-refractivity contribution in [1.82, 2.24) is 9.88 Å². The molecule has 0 atom stereocenters. The molecule has 7 heteroatoms. The maximum absolute atomic E-state index is 11.8.